The number of amides is 1. The van der Waals surface area contributed by atoms with Gasteiger partial charge in [0.05, 0.1) is 18.3 Å². The number of carbonyl (C=O) groups is 1. The highest BCUT2D eigenvalue weighted by Crippen LogP contribution is 2.24. The number of hydrogen-bond donors (Lipinski definition) is 0. The molecule has 0 spiro atoms. The minimum atomic E-state index is -0.333. The average molecular weight is 336 g/mol. The fraction of sp³-hybridized carbons (Fsp3) is 0.706. The summed E-state index contributed by atoms with van der Waals surface area (Å²) in [6, 6.07) is 0. The van der Waals surface area contributed by atoms with Gasteiger partial charge in [0.15, 0.2) is 0 Å². The lowest BCUT2D eigenvalue weighted by Gasteiger charge is -2.42. The maximum absolute atomic E-state index is 11.6. The van der Waals surface area contributed by atoms with Crippen molar-refractivity contribution in [3.05, 3.63) is 17.5 Å². The normalized spacial score (nSPS) is 20.1. The Morgan fingerprint density at radius 2 is 2.17 bits per heavy atom. The molecule has 134 valence electrons. The summed E-state index contributed by atoms with van der Waals surface area (Å²) in [5.74, 6) is 0.656. The molecular weight excluding hydrogens is 308 g/mol. The van der Waals surface area contributed by atoms with E-state index in [-0.39, 0.29) is 24.2 Å². The summed E-state index contributed by atoms with van der Waals surface area (Å²) in [6.45, 7) is 9.85. The van der Waals surface area contributed by atoms with Crippen molar-refractivity contribution in [3.8, 4) is 0 Å². The quantitative estimate of drug-likeness (QED) is 0.804. The minimum absolute atomic E-state index is 0.0561. The molecule has 1 fully saturated rings. The standard InChI is InChI=1S/C17H28N4O3/c1-12-7-18-16(19-13(12)2)21-8-14(24-17(3,4)11-21)9-23-10-15(22)20(5)6/h7,14H,8-11H2,1-6H3/t14-/m1/s1. The summed E-state index contributed by atoms with van der Waals surface area (Å²) < 4.78 is 11.6. The van der Waals surface area contributed by atoms with Gasteiger partial charge in [-0.15, -0.1) is 0 Å². The van der Waals surface area contributed by atoms with Gasteiger partial charge in [-0.25, -0.2) is 9.97 Å². The number of morpholine rings is 1. The van der Waals surface area contributed by atoms with E-state index in [2.05, 4.69) is 14.9 Å². The minimum Gasteiger partial charge on any atom is -0.369 e. The van der Waals surface area contributed by atoms with Gasteiger partial charge in [-0.1, -0.05) is 0 Å². The lowest BCUT2D eigenvalue weighted by Crippen LogP contribution is -2.54. The Morgan fingerprint density at radius 3 is 2.79 bits per heavy atom. The molecule has 0 saturated carbocycles. The largest absolute Gasteiger partial charge is 0.369 e. The first-order chi connectivity index (χ1) is 11.2. The summed E-state index contributed by atoms with van der Waals surface area (Å²) in [5, 5.41) is 0. The van der Waals surface area contributed by atoms with E-state index in [0.717, 1.165) is 11.3 Å². The van der Waals surface area contributed by atoms with Crippen LogP contribution in [0.25, 0.3) is 0 Å². The topological polar surface area (TPSA) is 67.8 Å². The Balaban J connectivity index is 2.01. The Hall–Kier alpha value is -1.73. The Labute approximate surface area is 144 Å². The van der Waals surface area contributed by atoms with Crippen molar-refractivity contribution in [1.82, 2.24) is 14.9 Å². The monoisotopic (exact) mass is 336 g/mol. The summed E-state index contributed by atoms with van der Waals surface area (Å²) in [7, 11) is 3.43. The molecule has 1 saturated heterocycles. The van der Waals surface area contributed by atoms with Crippen molar-refractivity contribution in [3.63, 3.8) is 0 Å². The Kier molecular flexibility index (Phi) is 5.77. The molecule has 1 atom stereocenters. The van der Waals surface area contributed by atoms with Crippen molar-refractivity contribution in [1.29, 1.82) is 0 Å². The number of ether oxygens (including phenoxy) is 2. The van der Waals surface area contributed by atoms with Crippen molar-refractivity contribution < 1.29 is 14.3 Å². The van der Waals surface area contributed by atoms with Crippen molar-refractivity contribution in [2.75, 3.05) is 45.3 Å². The molecule has 0 unspecified atom stereocenters. The molecule has 2 rings (SSSR count). The molecular formula is C17H28N4O3. The van der Waals surface area contributed by atoms with Gasteiger partial charge in [0.25, 0.3) is 0 Å². The lowest BCUT2D eigenvalue weighted by atomic mass is 10.1. The van der Waals surface area contributed by atoms with Gasteiger partial charge < -0.3 is 19.3 Å². The average Bonchev–Trinajstić information content (AvgIpc) is 2.48. The zero-order chi connectivity index (χ0) is 17.9. The molecule has 1 aliphatic heterocycles. The molecule has 1 aromatic rings. The van der Waals surface area contributed by atoms with Crippen LogP contribution < -0.4 is 4.90 Å². The summed E-state index contributed by atoms with van der Waals surface area (Å²) >= 11 is 0. The molecule has 0 radical (unpaired) electrons. The molecule has 1 aliphatic rings. The summed E-state index contributed by atoms with van der Waals surface area (Å²) in [5.41, 5.74) is 1.72. The number of aromatic nitrogens is 2. The van der Waals surface area contributed by atoms with Gasteiger partial charge >= 0.3 is 0 Å². The van der Waals surface area contributed by atoms with Gasteiger partial charge in [-0.05, 0) is 33.3 Å². The maximum Gasteiger partial charge on any atom is 0.248 e. The van der Waals surface area contributed by atoms with E-state index in [1.54, 1.807) is 14.1 Å². The van der Waals surface area contributed by atoms with Gasteiger partial charge in [0.2, 0.25) is 11.9 Å². The number of rotatable bonds is 5. The molecule has 0 bridgehead atoms. The molecule has 1 amide bonds. The fourth-order valence-electron chi connectivity index (χ4n) is 2.61. The number of anilines is 1. The molecule has 0 aliphatic carbocycles. The molecule has 2 heterocycles. The van der Waals surface area contributed by atoms with E-state index in [1.165, 1.54) is 4.90 Å². The van der Waals surface area contributed by atoms with E-state index in [9.17, 15) is 4.79 Å². The second-order valence-corrected chi connectivity index (χ2v) is 7.12. The first-order valence-electron chi connectivity index (χ1n) is 8.19. The first-order valence-corrected chi connectivity index (χ1v) is 8.19. The second-order valence-electron chi connectivity index (χ2n) is 7.12. The third-order valence-electron chi connectivity index (χ3n) is 4.00. The summed E-state index contributed by atoms with van der Waals surface area (Å²) in [4.78, 5) is 24.3. The molecule has 7 heteroatoms. The zero-order valence-electron chi connectivity index (χ0n) is 15.5. The number of hydrogen-bond acceptors (Lipinski definition) is 6. The van der Waals surface area contributed by atoms with Gasteiger partial charge in [-0.2, -0.15) is 0 Å². The van der Waals surface area contributed by atoms with E-state index >= 15 is 0 Å². The van der Waals surface area contributed by atoms with E-state index in [0.29, 0.717) is 25.6 Å². The van der Waals surface area contributed by atoms with Crippen LogP contribution in [-0.2, 0) is 14.3 Å². The van der Waals surface area contributed by atoms with Crippen molar-refractivity contribution in [2.24, 2.45) is 0 Å². The van der Waals surface area contributed by atoms with Crippen LogP contribution in [0.15, 0.2) is 6.20 Å². The smallest absolute Gasteiger partial charge is 0.248 e. The molecule has 0 N–H and O–H groups in total. The number of nitrogens with zero attached hydrogens (tertiary/aromatic N) is 4. The highest BCUT2D eigenvalue weighted by molar-refractivity contribution is 5.76. The molecule has 7 nitrogen and oxygen atoms in total. The number of carbonyl (C=O) groups excluding carboxylic acids is 1. The molecule has 24 heavy (non-hydrogen) atoms. The third kappa shape index (κ3) is 4.88. The van der Waals surface area contributed by atoms with E-state index in [1.807, 2.05) is 33.9 Å². The van der Waals surface area contributed by atoms with Gasteiger partial charge in [-0.3, -0.25) is 4.79 Å². The SMILES string of the molecule is Cc1cnc(N2C[C@H](COCC(=O)N(C)C)OC(C)(C)C2)nc1C. The van der Waals surface area contributed by atoms with Crippen molar-refractivity contribution >= 4 is 11.9 Å². The highest BCUT2D eigenvalue weighted by Gasteiger charge is 2.34. The van der Waals surface area contributed by atoms with Crippen LogP contribution in [0.4, 0.5) is 5.95 Å². The van der Waals surface area contributed by atoms with Gasteiger partial charge in [0.1, 0.15) is 6.61 Å². The van der Waals surface area contributed by atoms with Gasteiger partial charge in [0, 0.05) is 39.1 Å². The first kappa shape index (κ1) is 18.6. The molecule has 1 aromatic heterocycles. The second kappa shape index (κ2) is 7.44. The Bertz CT molecular complexity index is 589. The van der Waals surface area contributed by atoms with E-state index in [4.69, 9.17) is 9.47 Å². The van der Waals surface area contributed by atoms with Crippen LogP contribution in [0, 0.1) is 13.8 Å². The maximum atomic E-state index is 11.6. The fourth-order valence-corrected chi connectivity index (χ4v) is 2.61. The Morgan fingerprint density at radius 1 is 1.46 bits per heavy atom. The van der Waals surface area contributed by atoms with Crippen LogP contribution in [-0.4, -0.2) is 72.9 Å². The van der Waals surface area contributed by atoms with Crippen LogP contribution >= 0.6 is 0 Å². The number of aryl methyl sites for hydroxylation is 2. The van der Waals surface area contributed by atoms with Crippen LogP contribution in [0.3, 0.4) is 0 Å². The van der Waals surface area contributed by atoms with Crippen LogP contribution in [0.5, 0.6) is 0 Å². The third-order valence-corrected chi connectivity index (χ3v) is 4.00. The number of likely N-dealkylation sites (N-methyl/N-ethyl adjacent to an activating group) is 1. The zero-order valence-corrected chi connectivity index (χ0v) is 15.5. The predicted octanol–water partition coefficient (Wildman–Crippen LogP) is 1.18. The molecule has 0 aromatic carbocycles. The van der Waals surface area contributed by atoms with Crippen LogP contribution in [0.2, 0.25) is 0 Å². The van der Waals surface area contributed by atoms with Crippen molar-refractivity contribution in [2.45, 2.75) is 39.4 Å². The van der Waals surface area contributed by atoms with E-state index < -0.39 is 0 Å². The summed E-state index contributed by atoms with van der Waals surface area (Å²) in [6.07, 6.45) is 1.72. The lowest BCUT2D eigenvalue weighted by molar-refractivity contribution is -0.139. The predicted molar refractivity (Wildman–Crippen MR) is 92.2 cm³/mol. The highest BCUT2D eigenvalue weighted by atomic mass is 16.6. The van der Waals surface area contributed by atoms with Crippen LogP contribution in [0.1, 0.15) is 25.1 Å².